The molecule has 2 aromatic rings. The van der Waals surface area contributed by atoms with E-state index in [9.17, 15) is 9.18 Å². The summed E-state index contributed by atoms with van der Waals surface area (Å²) in [6.07, 6.45) is 0. The molecule has 0 saturated heterocycles. The molecule has 1 amide bonds. The molecule has 0 fully saturated rings. The highest BCUT2D eigenvalue weighted by Crippen LogP contribution is 2.17. The van der Waals surface area contributed by atoms with Crippen LogP contribution >= 0.6 is 0 Å². The second kappa shape index (κ2) is 5.00. The molecule has 92 valence electrons. The van der Waals surface area contributed by atoms with Gasteiger partial charge in [-0.25, -0.2) is 4.39 Å². The van der Waals surface area contributed by atoms with E-state index in [1.165, 1.54) is 12.1 Å². The molecule has 2 aromatic carbocycles. The highest BCUT2D eigenvalue weighted by Gasteiger charge is 2.08. The Kier molecular flexibility index (Phi) is 3.42. The van der Waals surface area contributed by atoms with E-state index < -0.39 is 0 Å². The molecule has 2 nitrogen and oxygen atoms in total. The first-order chi connectivity index (χ1) is 8.56. The van der Waals surface area contributed by atoms with E-state index in [-0.39, 0.29) is 11.7 Å². The Labute approximate surface area is 105 Å². The van der Waals surface area contributed by atoms with Crippen LogP contribution in [0.5, 0.6) is 0 Å². The van der Waals surface area contributed by atoms with Crippen LogP contribution in [0.4, 0.5) is 10.1 Å². The Balaban J connectivity index is 2.21. The predicted octanol–water partition coefficient (Wildman–Crippen LogP) is 3.69. The van der Waals surface area contributed by atoms with Gasteiger partial charge in [0.2, 0.25) is 0 Å². The smallest absolute Gasteiger partial charge is 0.255 e. The number of hydrogen-bond donors (Lipinski definition) is 1. The minimum atomic E-state index is -0.361. The number of halogens is 1. The third-order valence-electron chi connectivity index (χ3n) is 2.76. The van der Waals surface area contributed by atoms with Crippen molar-refractivity contribution < 1.29 is 9.18 Å². The topological polar surface area (TPSA) is 29.1 Å². The standard InChI is InChI=1S/C15H14FNO/c1-10-3-6-12(7-4-10)15(18)17-14-9-13(16)8-5-11(14)2/h3-9H,1-2H3,(H,17,18). The second-order valence-corrected chi connectivity index (χ2v) is 4.28. The van der Waals surface area contributed by atoms with Crippen LogP contribution < -0.4 is 5.32 Å². The van der Waals surface area contributed by atoms with Crippen molar-refractivity contribution in [3.05, 3.63) is 65.0 Å². The van der Waals surface area contributed by atoms with Gasteiger partial charge < -0.3 is 5.32 Å². The van der Waals surface area contributed by atoms with E-state index in [4.69, 9.17) is 0 Å². The molecule has 0 unspecified atom stereocenters. The van der Waals surface area contributed by atoms with Gasteiger partial charge in [-0.3, -0.25) is 4.79 Å². The summed E-state index contributed by atoms with van der Waals surface area (Å²) >= 11 is 0. The molecule has 0 spiro atoms. The maximum atomic E-state index is 13.1. The Morgan fingerprint density at radius 1 is 1.06 bits per heavy atom. The molecule has 0 heterocycles. The van der Waals surface area contributed by atoms with E-state index in [1.54, 1.807) is 18.2 Å². The number of benzene rings is 2. The van der Waals surface area contributed by atoms with Gasteiger partial charge in [0.15, 0.2) is 0 Å². The van der Waals surface area contributed by atoms with Gasteiger partial charge in [0, 0.05) is 11.3 Å². The SMILES string of the molecule is Cc1ccc(C(=O)Nc2cc(F)ccc2C)cc1. The van der Waals surface area contributed by atoms with E-state index in [1.807, 2.05) is 26.0 Å². The maximum Gasteiger partial charge on any atom is 0.255 e. The summed E-state index contributed by atoms with van der Waals surface area (Å²) in [4.78, 5) is 12.0. The number of amides is 1. The first kappa shape index (κ1) is 12.3. The van der Waals surface area contributed by atoms with Gasteiger partial charge in [0.25, 0.3) is 5.91 Å². The number of aryl methyl sites for hydroxylation is 2. The molecule has 0 atom stereocenters. The molecule has 0 aliphatic carbocycles. The Morgan fingerprint density at radius 3 is 2.39 bits per heavy atom. The third-order valence-corrected chi connectivity index (χ3v) is 2.76. The largest absolute Gasteiger partial charge is 0.322 e. The summed E-state index contributed by atoms with van der Waals surface area (Å²) in [5.41, 5.74) is 2.98. The summed E-state index contributed by atoms with van der Waals surface area (Å²) in [5, 5.41) is 2.71. The molecule has 18 heavy (non-hydrogen) atoms. The lowest BCUT2D eigenvalue weighted by molar-refractivity contribution is 0.102. The number of carbonyl (C=O) groups is 1. The van der Waals surface area contributed by atoms with Crippen LogP contribution in [0.2, 0.25) is 0 Å². The normalized spacial score (nSPS) is 10.2. The molecular weight excluding hydrogens is 229 g/mol. The van der Waals surface area contributed by atoms with Gasteiger partial charge in [0.05, 0.1) is 0 Å². The molecule has 1 N–H and O–H groups in total. The summed E-state index contributed by atoms with van der Waals surface area (Å²) in [6.45, 7) is 3.78. The van der Waals surface area contributed by atoms with Crippen molar-refractivity contribution in [3.8, 4) is 0 Å². The first-order valence-corrected chi connectivity index (χ1v) is 5.70. The lowest BCUT2D eigenvalue weighted by atomic mass is 10.1. The fraction of sp³-hybridized carbons (Fsp3) is 0.133. The van der Waals surface area contributed by atoms with Crippen molar-refractivity contribution in [2.45, 2.75) is 13.8 Å². The lowest BCUT2D eigenvalue weighted by Gasteiger charge is -2.08. The first-order valence-electron chi connectivity index (χ1n) is 5.70. The summed E-state index contributed by atoms with van der Waals surface area (Å²) in [7, 11) is 0. The zero-order chi connectivity index (χ0) is 13.1. The fourth-order valence-electron chi connectivity index (χ4n) is 1.63. The quantitative estimate of drug-likeness (QED) is 0.856. The van der Waals surface area contributed by atoms with Crippen LogP contribution in [0.3, 0.4) is 0 Å². The highest BCUT2D eigenvalue weighted by molar-refractivity contribution is 6.04. The van der Waals surface area contributed by atoms with Crippen LogP contribution in [0, 0.1) is 19.7 Å². The zero-order valence-corrected chi connectivity index (χ0v) is 10.3. The summed E-state index contributed by atoms with van der Waals surface area (Å²) in [5.74, 6) is -0.594. The van der Waals surface area contributed by atoms with Gasteiger partial charge in [-0.2, -0.15) is 0 Å². The number of carbonyl (C=O) groups excluding carboxylic acids is 1. The zero-order valence-electron chi connectivity index (χ0n) is 10.3. The molecule has 0 saturated carbocycles. The third kappa shape index (κ3) is 2.74. The van der Waals surface area contributed by atoms with Gasteiger partial charge in [-0.05, 0) is 43.7 Å². The van der Waals surface area contributed by atoms with Crippen LogP contribution in [-0.4, -0.2) is 5.91 Å². The van der Waals surface area contributed by atoms with E-state index in [0.29, 0.717) is 11.3 Å². The molecule has 0 bridgehead atoms. The number of rotatable bonds is 2. The van der Waals surface area contributed by atoms with Gasteiger partial charge in [-0.1, -0.05) is 23.8 Å². The van der Waals surface area contributed by atoms with E-state index >= 15 is 0 Å². The van der Waals surface area contributed by atoms with Gasteiger partial charge >= 0.3 is 0 Å². The Bertz CT molecular complexity index is 576. The highest BCUT2D eigenvalue weighted by atomic mass is 19.1. The summed E-state index contributed by atoms with van der Waals surface area (Å²) in [6, 6.07) is 11.6. The van der Waals surface area contributed by atoms with Crippen LogP contribution in [0.25, 0.3) is 0 Å². The van der Waals surface area contributed by atoms with E-state index in [2.05, 4.69) is 5.32 Å². The minimum Gasteiger partial charge on any atom is -0.322 e. The molecular formula is C15H14FNO. The number of hydrogen-bond acceptors (Lipinski definition) is 1. The van der Waals surface area contributed by atoms with Gasteiger partial charge in [0.1, 0.15) is 5.82 Å². The molecule has 3 heteroatoms. The lowest BCUT2D eigenvalue weighted by Crippen LogP contribution is -2.12. The molecule has 0 aliphatic rings. The van der Waals surface area contributed by atoms with E-state index in [0.717, 1.165) is 11.1 Å². The van der Waals surface area contributed by atoms with Crippen molar-refractivity contribution in [3.63, 3.8) is 0 Å². The number of anilines is 1. The minimum absolute atomic E-state index is 0.233. The van der Waals surface area contributed by atoms with Gasteiger partial charge in [-0.15, -0.1) is 0 Å². The molecule has 2 rings (SSSR count). The average molecular weight is 243 g/mol. The monoisotopic (exact) mass is 243 g/mol. The van der Waals surface area contributed by atoms with Crippen LogP contribution in [0.15, 0.2) is 42.5 Å². The van der Waals surface area contributed by atoms with Crippen molar-refractivity contribution in [2.24, 2.45) is 0 Å². The Morgan fingerprint density at radius 2 is 1.72 bits per heavy atom. The van der Waals surface area contributed by atoms with Crippen molar-refractivity contribution >= 4 is 11.6 Å². The van der Waals surface area contributed by atoms with Crippen LogP contribution in [-0.2, 0) is 0 Å². The predicted molar refractivity (Wildman–Crippen MR) is 70.3 cm³/mol. The molecule has 0 radical (unpaired) electrons. The summed E-state index contributed by atoms with van der Waals surface area (Å²) < 4.78 is 13.1. The van der Waals surface area contributed by atoms with Crippen molar-refractivity contribution in [2.75, 3.05) is 5.32 Å². The number of nitrogens with one attached hydrogen (secondary N) is 1. The van der Waals surface area contributed by atoms with Crippen molar-refractivity contribution in [1.29, 1.82) is 0 Å². The Hall–Kier alpha value is -2.16. The maximum absolute atomic E-state index is 13.1. The molecule has 0 aliphatic heterocycles. The average Bonchev–Trinajstić information content (AvgIpc) is 2.34. The van der Waals surface area contributed by atoms with Crippen molar-refractivity contribution in [1.82, 2.24) is 0 Å². The van der Waals surface area contributed by atoms with Crippen LogP contribution in [0.1, 0.15) is 21.5 Å². The second-order valence-electron chi connectivity index (χ2n) is 4.28. The fourth-order valence-corrected chi connectivity index (χ4v) is 1.63. The molecule has 0 aromatic heterocycles.